The molecule has 1 saturated carbocycles. The number of carbonyl (C=O) groups excluding carboxylic acids is 1. The zero-order valence-electron chi connectivity index (χ0n) is 16.3. The summed E-state index contributed by atoms with van der Waals surface area (Å²) in [5.41, 5.74) is 3.73. The Morgan fingerprint density at radius 1 is 1.03 bits per heavy atom. The number of rotatable bonds is 4. The number of aryl methyl sites for hydroxylation is 1. The number of urea groups is 1. The molecule has 2 N–H and O–H groups in total. The quantitative estimate of drug-likeness (QED) is 0.603. The van der Waals surface area contributed by atoms with E-state index in [0.717, 1.165) is 42.5 Å². The Hall–Kier alpha value is -3.28. The average molecular weight is 390 g/mol. The summed E-state index contributed by atoms with van der Waals surface area (Å²) in [7, 11) is 0. The van der Waals surface area contributed by atoms with E-state index < -0.39 is 11.5 Å². The minimum absolute atomic E-state index is 0.314. The summed E-state index contributed by atoms with van der Waals surface area (Å²) in [5.74, 6) is -0.530. The Morgan fingerprint density at radius 2 is 1.79 bits per heavy atom. The number of carbonyl (C=O) groups is 1. The van der Waals surface area contributed by atoms with Gasteiger partial charge in [0, 0.05) is 17.6 Å². The molecule has 2 heterocycles. The third-order valence-electron chi connectivity index (χ3n) is 5.39. The molecule has 0 bridgehead atoms. The highest BCUT2D eigenvalue weighted by Gasteiger charge is 2.38. The predicted molar refractivity (Wildman–Crippen MR) is 111 cm³/mol. The zero-order valence-corrected chi connectivity index (χ0v) is 16.3. The topological polar surface area (TPSA) is 66.9 Å². The lowest BCUT2D eigenvalue weighted by atomic mass is 9.92. The van der Waals surface area contributed by atoms with Gasteiger partial charge >= 0.3 is 6.03 Å². The molecular weight excluding hydrogens is 367 g/mol. The molecule has 1 fully saturated rings. The molecule has 0 atom stereocenters. The number of aromatic nitrogens is 2. The maximum absolute atomic E-state index is 13.6. The molecular formula is C23H23FN4O. The van der Waals surface area contributed by atoms with Gasteiger partial charge in [-0.15, -0.1) is 0 Å². The number of pyridine rings is 2. The number of hydrogen-bond acceptors (Lipinski definition) is 3. The molecule has 0 unspecified atom stereocenters. The lowest BCUT2D eigenvalue weighted by Crippen LogP contribution is -2.46. The van der Waals surface area contributed by atoms with Crippen molar-refractivity contribution in [2.24, 2.45) is 0 Å². The molecule has 0 saturated heterocycles. The number of nitrogens with zero attached hydrogens (tertiary/aromatic N) is 2. The second-order valence-corrected chi connectivity index (χ2v) is 7.48. The van der Waals surface area contributed by atoms with Crippen molar-refractivity contribution in [1.82, 2.24) is 15.3 Å². The van der Waals surface area contributed by atoms with Gasteiger partial charge in [0.2, 0.25) is 5.95 Å². The zero-order chi connectivity index (χ0) is 20.3. The number of nitrogens with one attached hydrogen (secondary N) is 2. The van der Waals surface area contributed by atoms with Gasteiger partial charge in [-0.05, 0) is 67.3 Å². The molecule has 1 aliphatic rings. The van der Waals surface area contributed by atoms with Crippen molar-refractivity contribution in [3.63, 3.8) is 0 Å². The Labute approximate surface area is 169 Å². The molecule has 1 aromatic carbocycles. The summed E-state index contributed by atoms with van der Waals surface area (Å²) in [6.45, 7) is 1.95. The first-order valence-corrected chi connectivity index (χ1v) is 9.79. The fraction of sp³-hybridized carbons (Fsp3) is 0.261. The van der Waals surface area contributed by atoms with Crippen LogP contribution in [0.25, 0.3) is 11.1 Å². The van der Waals surface area contributed by atoms with Crippen LogP contribution in [0.15, 0.2) is 60.8 Å². The first-order chi connectivity index (χ1) is 14.0. The van der Waals surface area contributed by atoms with E-state index in [2.05, 4.69) is 20.6 Å². The van der Waals surface area contributed by atoms with Gasteiger partial charge in [0.05, 0.1) is 11.2 Å². The van der Waals surface area contributed by atoms with Gasteiger partial charge in [-0.2, -0.15) is 4.39 Å². The number of benzene rings is 1. The van der Waals surface area contributed by atoms with E-state index in [-0.39, 0.29) is 6.03 Å². The van der Waals surface area contributed by atoms with Gasteiger partial charge < -0.3 is 10.6 Å². The van der Waals surface area contributed by atoms with Crippen molar-refractivity contribution in [1.29, 1.82) is 0 Å². The van der Waals surface area contributed by atoms with Crippen LogP contribution in [-0.2, 0) is 5.54 Å². The van der Waals surface area contributed by atoms with E-state index in [9.17, 15) is 9.18 Å². The van der Waals surface area contributed by atoms with E-state index in [4.69, 9.17) is 0 Å². The first-order valence-electron chi connectivity index (χ1n) is 9.79. The van der Waals surface area contributed by atoms with Crippen LogP contribution in [0.3, 0.4) is 0 Å². The summed E-state index contributed by atoms with van der Waals surface area (Å²) in [5, 5.41) is 5.93. The second-order valence-electron chi connectivity index (χ2n) is 7.48. The van der Waals surface area contributed by atoms with Crippen LogP contribution in [0.1, 0.15) is 37.1 Å². The van der Waals surface area contributed by atoms with Crippen LogP contribution in [0.2, 0.25) is 0 Å². The monoisotopic (exact) mass is 390 g/mol. The molecule has 2 amide bonds. The normalized spacial score (nSPS) is 15.1. The minimum atomic E-state index is -0.624. The molecule has 2 aromatic heterocycles. The summed E-state index contributed by atoms with van der Waals surface area (Å²) in [4.78, 5) is 20.9. The highest BCUT2D eigenvalue weighted by molar-refractivity contribution is 5.90. The Balaban J connectivity index is 1.47. The first kappa shape index (κ1) is 19.1. The third-order valence-corrected chi connectivity index (χ3v) is 5.39. The van der Waals surface area contributed by atoms with E-state index in [1.54, 1.807) is 18.3 Å². The van der Waals surface area contributed by atoms with Crippen LogP contribution in [0.4, 0.5) is 14.9 Å². The highest BCUT2D eigenvalue weighted by atomic mass is 19.1. The van der Waals surface area contributed by atoms with Gasteiger partial charge in [0.1, 0.15) is 0 Å². The van der Waals surface area contributed by atoms with Crippen molar-refractivity contribution in [2.45, 2.75) is 38.1 Å². The predicted octanol–water partition coefficient (Wildman–Crippen LogP) is 5.18. The number of anilines is 1. The van der Waals surface area contributed by atoms with Crippen molar-refractivity contribution in [3.05, 3.63) is 78.1 Å². The fourth-order valence-electron chi connectivity index (χ4n) is 3.95. The number of amides is 2. The lowest BCUT2D eigenvalue weighted by Gasteiger charge is -2.30. The fourth-order valence-corrected chi connectivity index (χ4v) is 3.95. The molecule has 29 heavy (non-hydrogen) atoms. The number of hydrogen-bond donors (Lipinski definition) is 2. The van der Waals surface area contributed by atoms with Crippen molar-refractivity contribution < 1.29 is 9.18 Å². The van der Waals surface area contributed by atoms with Crippen LogP contribution >= 0.6 is 0 Å². The summed E-state index contributed by atoms with van der Waals surface area (Å²) in [6, 6.07) is 16.1. The van der Waals surface area contributed by atoms with Gasteiger partial charge in [0.25, 0.3) is 0 Å². The van der Waals surface area contributed by atoms with Gasteiger partial charge in [-0.25, -0.2) is 9.78 Å². The SMILES string of the molecule is Cc1cc(-c2ccc(NC(=O)NC3(c4cccc(F)n4)CCCC3)cc2)ccn1. The smallest absolute Gasteiger partial charge is 0.319 e. The second kappa shape index (κ2) is 7.99. The van der Waals surface area contributed by atoms with E-state index in [1.807, 2.05) is 43.3 Å². The summed E-state index contributed by atoms with van der Waals surface area (Å²) < 4.78 is 13.6. The van der Waals surface area contributed by atoms with Crippen LogP contribution < -0.4 is 10.6 Å². The summed E-state index contributed by atoms with van der Waals surface area (Å²) in [6.07, 6.45) is 5.22. The largest absolute Gasteiger partial charge is 0.327 e. The minimum Gasteiger partial charge on any atom is -0.327 e. The maximum Gasteiger partial charge on any atom is 0.319 e. The summed E-state index contributed by atoms with van der Waals surface area (Å²) >= 11 is 0. The molecule has 4 rings (SSSR count). The average Bonchev–Trinajstić information content (AvgIpc) is 3.18. The molecule has 0 spiro atoms. The standard InChI is InChI=1S/C23H23FN4O/c1-16-15-18(11-14-25-16)17-7-9-19(10-8-17)26-22(29)28-23(12-2-3-13-23)20-5-4-6-21(24)27-20/h4-11,14-15H,2-3,12-13H2,1H3,(H2,26,28,29). The molecule has 1 aliphatic carbocycles. The van der Waals surface area contributed by atoms with E-state index in [1.165, 1.54) is 6.07 Å². The Bertz CT molecular complexity index is 1010. The van der Waals surface area contributed by atoms with Crippen molar-refractivity contribution in [3.8, 4) is 11.1 Å². The van der Waals surface area contributed by atoms with Crippen LogP contribution in [-0.4, -0.2) is 16.0 Å². The maximum atomic E-state index is 13.6. The molecule has 148 valence electrons. The number of halogens is 1. The van der Waals surface area contributed by atoms with Crippen LogP contribution in [0.5, 0.6) is 0 Å². The molecule has 6 heteroatoms. The van der Waals surface area contributed by atoms with E-state index in [0.29, 0.717) is 11.4 Å². The third kappa shape index (κ3) is 4.26. The Kier molecular flexibility index (Phi) is 5.25. The van der Waals surface area contributed by atoms with Crippen LogP contribution in [0, 0.1) is 12.9 Å². The van der Waals surface area contributed by atoms with E-state index >= 15 is 0 Å². The van der Waals surface area contributed by atoms with Gasteiger partial charge in [-0.3, -0.25) is 4.98 Å². The van der Waals surface area contributed by atoms with Gasteiger partial charge in [0.15, 0.2) is 0 Å². The highest BCUT2D eigenvalue weighted by Crippen LogP contribution is 2.38. The molecule has 0 radical (unpaired) electrons. The molecule has 0 aliphatic heterocycles. The van der Waals surface area contributed by atoms with Crippen molar-refractivity contribution in [2.75, 3.05) is 5.32 Å². The Morgan fingerprint density at radius 3 is 2.48 bits per heavy atom. The van der Waals surface area contributed by atoms with Gasteiger partial charge in [-0.1, -0.05) is 31.0 Å². The molecule has 5 nitrogen and oxygen atoms in total. The van der Waals surface area contributed by atoms with Crippen molar-refractivity contribution >= 4 is 11.7 Å². The lowest BCUT2D eigenvalue weighted by molar-refractivity contribution is 0.235. The molecule has 3 aromatic rings.